The van der Waals surface area contributed by atoms with Gasteiger partial charge in [-0.05, 0) is 32.1 Å². The summed E-state index contributed by atoms with van der Waals surface area (Å²) in [5.74, 6) is -0.362. The predicted molar refractivity (Wildman–Crippen MR) is 83.0 cm³/mol. The third-order valence-corrected chi connectivity index (χ3v) is 4.28. The number of piperazine rings is 1. The fourth-order valence-electron chi connectivity index (χ4n) is 2.88. The van der Waals surface area contributed by atoms with Gasteiger partial charge in [0.1, 0.15) is 6.42 Å². The van der Waals surface area contributed by atoms with Gasteiger partial charge in [-0.3, -0.25) is 14.4 Å². The second-order valence-corrected chi connectivity index (χ2v) is 5.91. The molecule has 1 fully saturated rings. The van der Waals surface area contributed by atoms with Gasteiger partial charge < -0.3 is 15.1 Å². The number of nitrogens with zero attached hydrogens (tertiary/aromatic N) is 2. The van der Waals surface area contributed by atoms with E-state index < -0.39 is 0 Å². The lowest BCUT2D eigenvalue weighted by atomic mass is 9.97. The molecule has 22 heavy (non-hydrogen) atoms. The summed E-state index contributed by atoms with van der Waals surface area (Å²) in [6.07, 6.45) is 8.65. The van der Waals surface area contributed by atoms with Gasteiger partial charge in [-0.25, -0.2) is 0 Å². The van der Waals surface area contributed by atoms with Crippen LogP contribution in [0.2, 0.25) is 0 Å². The molecule has 0 radical (unpaired) electrons. The van der Waals surface area contributed by atoms with Crippen LogP contribution in [0.4, 0.5) is 0 Å². The molecule has 1 saturated heterocycles. The van der Waals surface area contributed by atoms with Crippen molar-refractivity contribution in [2.75, 3.05) is 32.7 Å². The Labute approximate surface area is 131 Å². The molecule has 1 N–H and O–H groups in total. The fraction of sp³-hybridized carbons (Fsp3) is 0.688. The Bertz CT molecular complexity index is 440. The standard InChI is InChI=1S/C16H25N3O3/c20-13-18-8-10-19(11-9-18)16(22)12-15(21)17-7-6-14-4-2-1-3-5-14/h4,13H,1-3,5-12H2,(H,17,21). The van der Waals surface area contributed by atoms with Crippen molar-refractivity contribution >= 4 is 18.2 Å². The van der Waals surface area contributed by atoms with Crippen LogP contribution in [0.5, 0.6) is 0 Å². The fourth-order valence-corrected chi connectivity index (χ4v) is 2.88. The van der Waals surface area contributed by atoms with E-state index in [1.54, 1.807) is 9.80 Å². The maximum Gasteiger partial charge on any atom is 0.232 e. The average molecular weight is 307 g/mol. The molecule has 0 saturated carbocycles. The Hall–Kier alpha value is -1.85. The topological polar surface area (TPSA) is 69.7 Å². The number of carbonyl (C=O) groups is 3. The van der Waals surface area contributed by atoms with Crippen molar-refractivity contribution in [3.8, 4) is 0 Å². The number of hydrogen-bond donors (Lipinski definition) is 1. The molecular weight excluding hydrogens is 282 g/mol. The van der Waals surface area contributed by atoms with Gasteiger partial charge in [-0.15, -0.1) is 0 Å². The molecule has 0 aromatic heterocycles. The molecule has 0 atom stereocenters. The second kappa shape index (κ2) is 8.56. The molecule has 1 heterocycles. The first-order chi connectivity index (χ1) is 10.7. The van der Waals surface area contributed by atoms with Crippen molar-refractivity contribution in [1.29, 1.82) is 0 Å². The average Bonchev–Trinajstić information content (AvgIpc) is 2.56. The van der Waals surface area contributed by atoms with Crippen LogP contribution in [0.1, 0.15) is 38.5 Å². The van der Waals surface area contributed by atoms with Gasteiger partial charge in [0.15, 0.2) is 0 Å². The molecule has 2 aliphatic rings. The van der Waals surface area contributed by atoms with E-state index in [1.165, 1.54) is 18.4 Å². The van der Waals surface area contributed by atoms with E-state index >= 15 is 0 Å². The monoisotopic (exact) mass is 307 g/mol. The van der Waals surface area contributed by atoms with Gasteiger partial charge in [0, 0.05) is 32.7 Å². The van der Waals surface area contributed by atoms with Crippen LogP contribution in [0.15, 0.2) is 11.6 Å². The quantitative estimate of drug-likeness (QED) is 0.446. The molecule has 0 unspecified atom stereocenters. The van der Waals surface area contributed by atoms with E-state index in [2.05, 4.69) is 11.4 Å². The Morgan fingerprint density at radius 2 is 1.95 bits per heavy atom. The minimum absolute atomic E-state index is 0.0971. The Kier molecular flexibility index (Phi) is 6.43. The molecule has 122 valence electrons. The third-order valence-electron chi connectivity index (χ3n) is 4.28. The number of rotatable bonds is 6. The van der Waals surface area contributed by atoms with Crippen LogP contribution in [-0.2, 0) is 14.4 Å². The van der Waals surface area contributed by atoms with Crippen molar-refractivity contribution < 1.29 is 14.4 Å². The third kappa shape index (κ3) is 5.16. The van der Waals surface area contributed by atoms with Gasteiger partial charge in [0.05, 0.1) is 0 Å². The first kappa shape index (κ1) is 16.5. The van der Waals surface area contributed by atoms with Crippen molar-refractivity contribution in [2.45, 2.75) is 38.5 Å². The first-order valence-electron chi connectivity index (χ1n) is 8.11. The summed E-state index contributed by atoms with van der Waals surface area (Å²) >= 11 is 0. The van der Waals surface area contributed by atoms with Gasteiger partial charge >= 0.3 is 0 Å². The lowest BCUT2D eigenvalue weighted by molar-refractivity contribution is -0.138. The highest BCUT2D eigenvalue weighted by molar-refractivity contribution is 5.96. The summed E-state index contributed by atoms with van der Waals surface area (Å²) in [6.45, 7) is 2.72. The number of nitrogens with one attached hydrogen (secondary N) is 1. The Morgan fingerprint density at radius 1 is 1.18 bits per heavy atom. The van der Waals surface area contributed by atoms with Crippen LogP contribution < -0.4 is 5.32 Å². The Balaban J connectivity index is 1.63. The largest absolute Gasteiger partial charge is 0.355 e. The SMILES string of the molecule is O=CN1CCN(C(=O)CC(=O)NCCC2=CCCCC2)CC1. The Morgan fingerprint density at radius 3 is 2.59 bits per heavy atom. The number of amides is 3. The van der Waals surface area contributed by atoms with Crippen molar-refractivity contribution in [3.63, 3.8) is 0 Å². The van der Waals surface area contributed by atoms with E-state index in [1.807, 2.05) is 0 Å². The summed E-state index contributed by atoms with van der Waals surface area (Å²) in [6, 6.07) is 0. The highest BCUT2D eigenvalue weighted by Gasteiger charge is 2.21. The predicted octanol–water partition coefficient (Wildman–Crippen LogP) is 0.684. The molecule has 3 amide bonds. The van der Waals surface area contributed by atoms with Crippen molar-refractivity contribution in [1.82, 2.24) is 15.1 Å². The number of allylic oxidation sites excluding steroid dienone is 1. The highest BCUT2D eigenvalue weighted by atomic mass is 16.2. The first-order valence-corrected chi connectivity index (χ1v) is 8.11. The van der Waals surface area contributed by atoms with E-state index in [9.17, 15) is 14.4 Å². The number of carbonyl (C=O) groups excluding carboxylic acids is 3. The summed E-state index contributed by atoms with van der Waals surface area (Å²) in [5.41, 5.74) is 1.42. The second-order valence-electron chi connectivity index (χ2n) is 5.91. The zero-order valence-electron chi connectivity index (χ0n) is 13.1. The summed E-state index contributed by atoms with van der Waals surface area (Å²) in [7, 11) is 0. The zero-order chi connectivity index (χ0) is 15.8. The molecule has 6 nitrogen and oxygen atoms in total. The molecule has 2 rings (SSSR count). The minimum atomic E-state index is -0.209. The molecule has 0 bridgehead atoms. The maximum atomic E-state index is 12.0. The summed E-state index contributed by atoms with van der Waals surface area (Å²) in [4.78, 5) is 37.7. The van der Waals surface area contributed by atoms with Gasteiger partial charge in [-0.1, -0.05) is 11.6 Å². The lowest BCUT2D eigenvalue weighted by Gasteiger charge is -2.32. The molecule has 0 aromatic carbocycles. The molecule has 0 aromatic rings. The minimum Gasteiger partial charge on any atom is -0.355 e. The smallest absolute Gasteiger partial charge is 0.232 e. The van der Waals surface area contributed by atoms with Crippen molar-refractivity contribution in [3.05, 3.63) is 11.6 Å². The maximum absolute atomic E-state index is 12.0. The summed E-state index contributed by atoms with van der Waals surface area (Å²) < 4.78 is 0. The van der Waals surface area contributed by atoms with Crippen LogP contribution >= 0.6 is 0 Å². The zero-order valence-corrected chi connectivity index (χ0v) is 13.1. The van der Waals surface area contributed by atoms with E-state index in [0.29, 0.717) is 32.7 Å². The lowest BCUT2D eigenvalue weighted by Crippen LogP contribution is -2.49. The molecule has 0 spiro atoms. The number of hydrogen-bond acceptors (Lipinski definition) is 3. The molecular formula is C16H25N3O3. The van der Waals surface area contributed by atoms with Crippen LogP contribution in [-0.4, -0.2) is 60.7 Å². The highest BCUT2D eigenvalue weighted by Crippen LogP contribution is 2.19. The van der Waals surface area contributed by atoms with E-state index in [-0.39, 0.29) is 18.2 Å². The van der Waals surface area contributed by atoms with Gasteiger partial charge in [0.2, 0.25) is 18.2 Å². The van der Waals surface area contributed by atoms with Crippen LogP contribution in [0.3, 0.4) is 0 Å². The van der Waals surface area contributed by atoms with Crippen molar-refractivity contribution in [2.24, 2.45) is 0 Å². The van der Waals surface area contributed by atoms with E-state index in [4.69, 9.17) is 0 Å². The van der Waals surface area contributed by atoms with Gasteiger partial charge in [-0.2, -0.15) is 0 Å². The molecule has 1 aliphatic heterocycles. The van der Waals surface area contributed by atoms with Crippen LogP contribution in [0.25, 0.3) is 0 Å². The van der Waals surface area contributed by atoms with E-state index in [0.717, 1.165) is 25.7 Å². The van der Waals surface area contributed by atoms with Gasteiger partial charge in [0.25, 0.3) is 0 Å². The normalized spacial score (nSPS) is 18.6. The molecule has 1 aliphatic carbocycles. The van der Waals surface area contributed by atoms with Crippen LogP contribution in [0, 0.1) is 0 Å². The molecule has 6 heteroatoms. The summed E-state index contributed by atoms with van der Waals surface area (Å²) in [5, 5.41) is 2.83.